The van der Waals surface area contributed by atoms with Crippen LogP contribution >= 0.6 is 11.6 Å². The zero-order valence-electron chi connectivity index (χ0n) is 7.37. The zero-order valence-corrected chi connectivity index (χ0v) is 8.12. The number of nitrogens with zero attached hydrogens (tertiary/aromatic N) is 2. The van der Waals surface area contributed by atoms with E-state index in [1.54, 1.807) is 12.4 Å². The van der Waals surface area contributed by atoms with Crippen molar-refractivity contribution in [1.82, 2.24) is 9.97 Å². The molecule has 2 nitrogen and oxygen atoms in total. The van der Waals surface area contributed by atoms with Crippen LogP contribution in [0.1, 0.15) is 11.3 Å². The van der Waals surface area contributed by atoms with E-state index in [9.17, 15) is 0 Å². The minimum Gasteiger partial charge on any atom is -0.257 e. The molecule has 68 valence electrons. The third-order valence-electron chi connectivity index (χ3n) is 2.45. The van der Waals surface area contributed by atoms with Crippen LogP contribution in [0.4, 0.5) is 0 Å². The zero-order chi connectivity index (χ0) is 9.54. The van der Waals surface area contributed by atoms with E-state index >= 15 is 0 Å². The van der Waals surface area contributed by atoms with Crippen molar-refractivity contribution in [1.29, 1.82) is 0 Å². The summed E-state index contributed by atoms with van der Waals surface area (Å²) in [7, 11) is 0. The maximum absolute atomic E-state index is 5.93. The Morgan fingerprint density at radius 3 is 2.93 bits per heavy atom. The van der Waals surface area contributed by atoms with E-state index in [4.69, 9.17) is 11.6 Å². The summed E-state index contributed by atoms with van der Waals surface area (Å²) in [4.78, 5) is 8.62. The summed E-state index contributed by atoms with van der Waals surface area (Å²) in [6.07, 6.45) is 4.30. The van der Waals surface area contributed by atoms with Crippen molar-refractivity contribution < 1.29 is 0 Å². The molecule has 0 saturated heterocycles. The molecule has 0 atom stereocenters. The Bertz CT molecular complexity index is 508. The second kappa shape index (κ2) is 2.79. The minimum absolute atomic E-state index is 0.775. The van der Waals surface area contributed by atoms with Gasteiger partial charge in [0.1, 0.15) is 0 Å². The van der Waals surface area contributed by atoms with E-state index in [1.165, 1.54) is 5.56 Å². The maximum Gasteiger partial charge on any atom is 0.0923 e. The van der Waals surface area contributed by atoms with Gasteiger partial charge in [0.2, 0.25) is 0 Å². The molecule has 0 unspecified atom stereocenters. The molecule has 1 aromatic carbocycles. The number of aromatic nitrogens is 2. The molecule has 2 aromatic rings. The van der Waals surface area contributed by atoms with Gasteiger partial charge in [-0.05, 0) is 17.7 Å². The molecule has 1 aliphatic carbocycles. The molecule has 3 rings (SSSR count). The second-order valence-corrected chi connectivity index (χ2v) is 3.77. The lowest BCUT2D eigenvalue weighted by Gasteiger charge is -1.98. The molecule has 0 radical (unpaired) electrons. The van der Waals surface area contributed by atoms with Crippen molar-refractivity contribution in [2.45, 2.75) is 6.42 Å². The van der Waals surface area contributed by atoms with Crippen LogP contribution in [0.15, 0.2) is 30.6 Å². The molecular weight excluding hydrogens is 196 g/mol. The fraction of sp³-hybridized carbons (Fsp3) is 0.0909. The number of hydrogen-bond donors (Lipinski definition) is 0. The summed E-state index contributed by atoms with van der Waals surface area (Å²) in [5.74, 6) is 0. The standard InChI is InChI=1S/C11H7ClN2/c12-8-1-2-9-7(5-8)6-10-11(9)14-4-3-13-10/h1-5H,6H2. The summed E-state index contributed by atoms with van der Waals surface area (Å²) in [6, 6.07) is 5.89. The van der Waals surface area contributed by atoms with Crippen LogP contribution < -0.4 is 0 Å². The van der Waals surface area contributed by atoms with Gasteiger partial charge in [0.05, 0.1) is 11.4 Å². The van der Waals surface area contributed by atoms with Gasteiger partial charge in [0.25, 0.3) is 0 Å². The molecule has 0 fully saturated rings. The van der Waals surface area contributed by atoms with Crippen molar-refractivity contribution in [3.05, 3.63) is 46.9 Å². The lowest BCUT2D eigenvalue weighted by molar-refractivity contribution is 1.08. The van der Waals surface area contributed by atoms with E-state index in [-0.39, 0.29) is 0 Å². The lowest BCUT2D eigenvalue weighted by atomic mass is 10.1. The molecule has 1 heterocycles. The highest BCUT2D eigenvalue weighted by Gasteiger charge is 2.20. The fourth-order valence-electron chi connectivity index (χ4n) is 1.84. The van der Waals surface area contributed by atoms with Crippen LogP contribution in [0.25, 0.3) is 11.3 Å². The Morgan fingerprint density at radius 1 is 1.14 bits per heavy atom. The summed E-state index contributed by atoms with van der Waals surface area (Å²) in [6.45, 7) is 0. The van der Waals surface area contributed by atoms with Gasteiger partial charge >= 0.3 is 0 Å². The summed E-state index contributed by atoms with van der Waals surface area (Å²) in [5, 5.41) is 0.775. The monoisotopic (exact) mass is 202 g/mol. The normalized spacial score (nSPS) is 12.4. The predicted molar refractivity (Wildman–Crippen MR) is 55.3 cm³/mol. The van der Waals surface area contributed by atoms with Crippen LogP contribution in [0, 0.1) is 0 Å². The van der Waals surface area contributed by atoms with Gasteiger partial charge in [0.15, 0.2) is 0 Å². The highest BCUT2D eigenvalue weighted by atomic mass is 35.5. The Kier molecular flexibility index (Phi) is 1.58. The fourth-order valence-corrected chi connectivity index (χ4v) is 2.04. The first-order chi connectivity index (χ1) is 6.84. The van der Waals surface area contributed by atoms with Crippen LogP contribution in [-0.4, -0.2) is 9.97 Å². The van der Waals surface area contributed by atoms with Gasteiger partial charge in [0, 0.05) is 29.4 Å². The Morgan fingerprint density at radius 2 is 2.00 bits per heavy atom. The third-order valence-corrected chi connectivity index (χ3v) is 2.69. The molecule has 3 heteroatoms. The molecule has 0 N–H and O–H groups in total. The lowest BCUT2D eigenvalue weighted by Crippen LogP contribution is -1.86. The first-order valence-electron chi connectivity index (χ1n) is 4.43. The number of benzene rings is 1. The minimum atomic E-state index is 0.775. The maximum atomic E-state index is 5.93. The van der Waals surface area contributed by atoms with Gasteiger partial charge in [-0.15, -0.1) is 0 Å². The van der Waals surface area contributed by atoms with E-state index < -0.39 is 0 Å². The van der Waals surface area contributed by atoms with Crippen molar-refractivity contribution >= 4 is 11.6 Å². The van der Waals surface area contributed by atoms with E-state index in [2.05, 4.69) is 9.97 Å². The molecule has 0 amide bonds. The van der Waals surface area contributed by atoms with Gasteiger partial charge < -0.3 is 0 Å². The topological polar surface area (TPSA) is 25.8 Å². The second-order valence-electron chi connectivity index (χ2n) is 3.33. The summed E-state index contributed by atoms with van der Waals surface area (Å²) >= 11 is 5.93. The molecule has 0 aliphatic heterocycles. The first kappa shape index (κ1) is 7.94. The highest BCUT2D eigenvalue weighted by Crippen LogP contribution is 2.34. The van der Waals surface area contributed by atoms with Crippen molar-refractivity contribution in [2.75, 3.05) is 0 Å². The number of hydrogen-bond acceptors (Lipinski definition) is 2. The molecule has 1 aliphatic rings. The van der Waals surface area contributed by atoms with Crippen LogP contribution in [0.5, 0.6) is 0 Å². The van der Waals surface area contributed by atoms with E-state index in [0.717, 1.165) is 28.4 Å². The molecule has 0 bridgehead atoms. The quantitative estimate of drug-likeness (QED) is 0.560. The van der Waals surface area contributed by atoms with Crippen LogP contribution in [0.3, 0.4) is 0 Å². The van der Waals surface area contributed by atoms with Crippen LogP contribution in [-0.2, 0) is 6.42 Å². The van der Waals surface area contributed by atoms with Gasteiger partial charge in [-0.25, -0.2) is 0 Å². The SMILES string of the molecule is Clc1ccc2c(c1)Cc1nccnc1-2. The molecule has 0 spiro atoms. The van der Waals surface area contributed by atoms with E-state index in [1.807, 2.05) is 18.2 Å². The van der Waals surface area contributed by atoms with Crippen molar-refractivity contribution in [3.63, 3.8) is 0 Å². The van der Waals surface area contributed by atoms with Gasteiger partial charge in [-0.2, -0.15) is 0 Å². The molecule has 14 heavy (non-hydrogen) atoms. The Balaban J connectivity index is 2.27. The van der Waals surface area contributed by atoms with Gasteiger partial charge in [-0.3, -0.25) is 9.97 Å². The average Bonchev–Trinajstić information content (AvgIpc) is 2.54. The number of rotatable bonds is 0. The molecule has 0 saturated carbocycles. The Labute approximate surface area is 86.6 Å². The van der Waals surface area contributed by atoms with Crippen LogP contribution in [0.2, 0.25) is 5.02 Å². The van der Waals surface area contributed by atoms with E-state index in [0.29, 0.717) is 0 Å². The highest BCUT2D eigenvalue weighted by molar-refractivity contribution is 6.30. The first-order valence-corrected chi connectivity index (χ1v) is 4.81. The van der Waals surface area contributed by atoms with Gasteiger partial charge in [-0.1, -0.05) is 17.7 Å². The van der Waals surface area contributed by atoms with Crippen molar-refractivity contribution in [3.8, 4) is 11.3 Å². The molecule has 1 aromatic heterocycles. The number of halogens is 1. The summed E-state index contributed by atoms with van der Waals surface area (Å²) in [5.41, 5.74) is 4.43. The van der Waals surface area contributed by atoms with Crippen molar-refractivity contribution in [2.24, 2.45) is 0 Å². The number of fused-ring (bicyclic) bond motifs is 3. The average molecular weight is 203 g/mol. The largest absolute Gasteiger partial charge is 0.257 e. The third kappa shape index (κ3) is 1.04. The summed E-state index contributed by atoms with van der Waals surface area (Å²) < 4.78 is 0. The Hall–Kier alpha value is -1.41. The predicted octanol–water partition coefficient (Wildman–Crippen LogP) is 2.70. The smallest absolute Gasteiger partial charge is 0.0923 e. The molecular formula is C11H7ClN2.